The molecule has 5 nitrogen and oxygen atoms in total. The molecule has 0 radical (unpaired) electrons. The summed E-state index contributed by atoms with van der Waals surface area (Å²) in [5, 5.41) is 0. The zero-order chi connectivity index (χ0) is 9.68. The van der Waals surface area contributed by atoms with E-state index < -0.39 is 0 Å². The number of rotatable bonds is 5. The summed E-state index contributed by atoms with van der Waals surface area (Å²) in [6, 6.07) is 0. The number of nitrogens with two attached hydrogens (primary N) is 1. The summed E-state index contributed by atoms with van der Waals surface area (Å²) in [7, 11) is 0. The lowest BCUT2D eigenvalue weighted by Crippen LogP contribution is -2.32. The van der Waals surface area contributed by atoms with E-state index in [-0.39, 0.29) is 18.5 Å². The third-order valence-corrected chi connectivity index (χ3v) is 1.61. The Morgan fingerprint density at radius 1 is 1.31 bits per heavy atom. The van der Waals surface area contributed by atoms with Gasteiger partial charge in [-0.25, -0.2) is 0 Å². The lowest BCUT2D eigenvalue weighted by Gasteiger charge is -2.13. The highest BCUT2D eigenvalue weighted by Crippen LogP contribution is 2.02. The second-order valence-electron chi connectivity index (χ2n) is 2.62. The molecule has 0 unspecified atom stereocenters. The maximum absolute atomic E-state index is 11.0. The van der Waals surface area contributed by atoms with Crippen LogP contribution >= 0.6 is 0 Å². The average molecular weight is 184 g/mol. The third kappa shape index (κ3) is 2.64. The fraction of sp³-hybridized carbons (Fsp3) is 0.500. The van der Waals surface area contributed by atoms with E-state index in [1.165, 1.54) is 12.2 Å². The number of hydrogen-bond donors (Lipinski definition) is 1. The number of carbonyl (C=O) groups excluding carboxylic acids is 2. The Kier molecular flexibility index (Phi) is 3.60. The number of carbonyl (C=O) groups is 2. The van der Waals surface area contributed by atoms with Gasteiger partial charge in [-0.1, -0.05) is 0 Å². The molecule has 0 atom stereocenters. The van der Waals surface area contributed by atoms with Crippen LogP contribution in [-0.4, -0.2) is 36.6 Å². The number of hydrogen-bond acceptors (Lipinski definition) is 4. The quantitative estimate of drug-likeness (QED) is 0.450. The fourth-order valence-corrected chi connectivity index (χ4v) is 0.900. The molecule has 2 amide bonds. The average Bonchev–Trinajstić information content (AvgIpc) is 2.42. The number of ether oxygens (including phenoxy) is 1. The predicted molar refractivity (Wildman–Crippen MR) is 45.5 cm³/mol. The first-order chi connectivity index (χ1) is 6.25. The SMILES string of the molecule is NCCCOCN1C(=O)C=CC1=O. The summed E-state index contributed by atoms with van der Waals surface area (Å²) in [5.41, 5.74) is 5.24. The van der Waals surface area contributed by atoms with E-state index in [0.29, 0.717) is 13.2 Å². The van der Waals surface area contributed by atoms with Crippen molar-refractivity contribution in [2.24, 2.45) is 5.73 Å². The lowest BCUT2D eigenvalue weighted by molar-refractivity contribution is -0.142. The van der Waals surface area contributed by atoms with Gasteiger partial charge in [-0.2, -0.15) is 0 Å². The van der Waals surface area contributed by atoms with Crippen LogP contribution in [0.15, 0.2) is 12.2 Å². The maximum Gasteiger partial charge on any atom is 0.255 e. The van der Waals surface area contributed by atoms with E-state index in [9.17, 15) is 9.59 Å². The topological polar surface area (TPSA) is 72.6 Å². The molecular formula is C8H12N2O3. The fourth-order valence-electron chi connectivity index (χ4n) is 0.900. The Balaban J connectivity index is 2.22. The van der Waals surface area contributed by atoms with Crippen LogP contribution in [0.2, 0.25) is 0 Å². The van der Waals surface area contributed by atoms with Gasteiger partial charge in [0.15, 0.2) is 0 Å². The van der Waals surface area contributed by atoms with Gasteiger partial charge in [-0.3, -0.25) is 14.5 Å². The summed E-state index contributed by atoms with van der Waals surface area (Å²) in [6.07, 6.45) is 3.19. The van der Waals surface area contributed by atoms with Crippen molar-refractivity contribution in [1.29, 1.82) is 0 Å². The van der Waals surface area contributed by atoms with Crippen molar-refractivity contribution in [2.45, 2.75) is 6.42 Å². The van der Waals surface area contributed by atoms with E-state index in [2.05, 4.69) is 0 Å². The molecule has 2 N–H and O–H groups in total. The van der Waals surface area contributed by atoms with Gasteiger partial charge in [0, 0.05) is 12.2 Å². The van der Waals surface area contributed by atoms with Gasteiger partial charge in [0.1, 0.15) is 6.73 Å². The maximum atomic E-state index is 11.0. The molecule has 72 valence electrons. The van der Waals surface area contributed by atoms with E-state index in [1.807, 2.05) is 0 Å². The second kappa shape index (κ2) is 4.74. The van der Waals surface area contributed by atoms with Gasteiger partial charge < -0.3 is 10.5 Å². The van der Waals surface area contributed by atoms with Gasteiger partial charge in [0.05, 0.1) is 6.61 Å². The number of amides is 2. The van der Waals surface area contributed by atoms with Crippen molar-refractivity contribution >= 4 is 11.8 Å². The number of imide groups is 1. The van der Waals surface area contributed by atoms with Crippen LogP contribution in [0.25, 0.3) is 0 Å². The van der Waals surface area contributed by atoms with Crippen molar-refractivity contribution < 1.29 is 14.3 Å². The van der Waals surface area contributed by atoms with Crippen LogP contribution < -0.4 is 5.73 Å². The first-order valence-electron chi connectivity index (χ1n) is 4.07. The largest absolute Gasteiger partial charge is 0.360 e. The third-order valence-electron chi connectivity index (χ3n) is 1.61. The molecule has 0 aromatic heterocycles. The van der Waals surface area contributed by atoms with Crippen molar-refractivity contribution in [1.82, 2.24) is 4.90 Å². The monoisotopic (exact) mass is 184 g/mol. The summed E-state index contributed by atoms with van der Waals surface area (Å²) in [6.45, 7) is 1.03. The van der Waals surface area contributed by atoms with Crippen molar-refractivity contribution in [3.05, 3.63) is 12.2 Å². The summed E-state index contributed by atoms with van der Waals surface area (Å²) >= 11 is 0. The molecule has 1 aliphatic heterocycles. The molecule has 0 aromatic carbocycles. The van der Waals surface area contributed by atoms with Crippen molar-refractivity contribution in [3.63, 3.8) is 0 Å². The summed E-state index contributed by atoms with van der Waals surface area (Å²) in [5.74, 6) is -0.643. The Morgan fingerprint density at radius 3 is 2.46 bits per heavy atom. The van der Waals surface area contributed by atoms with Gasteiger partial charge in [-0.05, 0) is 13.0 Å². The summed E-state index contributed by atoms with van der Waals surface area (Å²) < 4.78 is 5.06. The van der Waals surface area contributed by atoms with Crippen LogP contribution in [0, 0.1) is 0 Å². The van der Waals surface area contributed by atoms with E-state index >= 15 is 0 Å². The highest BCUT2D eigenvalue weighted by molar-refractivity contribution is 6.12. The van der Waals surface area contributed by atoms with Crippen LogP contribution in [0.3, 0.4) is 0 Å². The van der Waals surface area contributed by atoms with Crippen LogP contribution in [0.5, 0.6) is 0 Å². The Hall–Kier alpha value is -1.20. The minimum Gasteiger partial charge on any atom is -0.360 e. The highest BCUT2D eigenvalue weighted by atomic mass is 16.5. The van der Waals surface area contributed by atoms with E-state index in [0.717, 1.165) is 11.3 Å². The molecule has 5 heteroatoms. The van der Waals surface area contributed by atoms with Crippen molar-refractivity contribution in [2.75, 3.05) is 19.9 Å². The second-order valence-corrected chi connectivity index (χ2v) is 2.62. The molecule has 0 fully saturated rings. The molecule has 0 aromatic rings. The molecule has 1 aliphatic rings. The molecule has 0 aliphatic carbocycles. The van der Waals surface area contributed by atoms with Crippen LogP contribution in [0.1, 0.15) is 6.42 Å². The smallest absolute Gasteiger partial charge is 0.255 e. The summed E-state index contributed by atoms with van der Waals surface area (Å²) in [4.78, 5) is 23.0. The van der Waals surface area contributed by atoms with E-state index in [1.54, 1.807) is 0 Å². The highest BCUT2D eigenvalue weighted by Gasteiger charge is 2.22. The number of nitrogens with zero attached hydrogens (tertiary/aromatic N) is 1. The zero-order valence-electron chi connectivity index (χ0n) is 7.23. The molecule has 0 bridgehead atoms. The molecular weight excluding hydrogens is 172 g/mol. The van der Waals surface area contributed by atoms with Gasteiger partial charge in [-0.15, -0.1) is 0 Å². The van der Waals surface area contributed by atoms with Crippen LogP contribution in [0.4, 0.5) is 0 Å². The Morgan fingerprint density at radius 2 is 1.92 bits per heavy atom. The molecule has 1 heterocycles. The Bertz CT molecular complexity index is 220. The normalized spacial score (nSPS) is 15.9. The van der Waals surface area contributed by atoms with Gasteiger partial charge in [0.25, 0.3) is 11.8 Å². The minimum absolute atomic E-state index is 0.0185. The first kappa shape index (κ1) is 9.88. The molecule has 0 saturated heterocycles. The standard InChI is InChI=1S/C8H12N2O3/c9-4-1-5-13-6-10-7(11)2-3-8(10)12/h2-3H,1,4-6,9H2. The van der Waals surface area contributed by atoms with Gasteiger partial charge >= 0.3 is 0 Å². The van der Waals surface area contributed by atoms with Crippen LogP contribution in [-0.2, 0) is 14.3 Å². The Labute approximate surface area is 76.1 Å². The molecule has 13 heavy (non-hydrogen) atoms. The molecule has 0 saturated carbocycles. The first-order valence-corrected chi connectivity index (χ1v) is 4.07. The predicted octanol–water partition coefficient (Wildman–Crippen LogP) is -0.766. The van der Waals surface area contributed by atoms with Crippen molar-refractivity contribution in [3.8, 4) is 0 Å². The zero-order valence-corrected chi connectivity index (χ0v) is 7.23. The lowest BCUT2D eigenvalue weighted by atomic mass is 10.5. The molecule has 1 rings (SSSR count). The molecule has 0 spiro atoms. The van der Waals surface area contributed by atoms with Gasteiger partial charge in [0.2, 0.25) is 0 Å². The minimum atomic E-state index is -0.322. The van der Waals surface area contributed by atoms with E-state index in [4.69, 9.17) is 10.5 Å².